The van der Waals surface area contributed by atoms with Crippen LogP contribution >= 0.6 is 23.4 Å². The first-order chi connectivity index (χ1) is 8.22. The van der Waals surface area contributed by atoms with Gasteiger partial charge in [-0.25, -0.2) is 4.98 Å². The summed E-state index contributed by atoms with van der Waals surface area (Å²) in [5.74, 6) is -0.0235. The number of halogens is 1. The van der Waals surface area contributed by atoms with E-state index in [4.69, 9.17) is 22.5 Å². The number of hydrogen-bond donors (Lipinski definition) is 3. The molecule has 1 aromatic heterocycles. The smallest absolute Gasteiger partial charge is 0.172 e. The molecular formula is C10H9ClN4OS. The molecule has 2 rings (SSSR count). The third kappa shape index (κ3) is 2.54. The summed E-state index contributed by atoms with van der Waals surface area (Å²) in [6, 6.07) is 5.30. The molecule has 0 bridgehead atoms. The summed E-state index contributed by atoms with van der Waals surface area (Å²) in [5, 5.41) is 12.8. The van der Waals surface area contributed by atoms with E-state index in [-0.39, 0.29) is 5.84 Å². The molecule has 1 heterocycles. The van der Waals surface area contributed by atoms with Crippen molar-refractivity contribution >= 4 is 29.2 Å². The number of nitrogens with zero attached hydrogens (tertiary/aromatic N) is 2. The van der Waals surface area contributed by atoms with Crippen molar-refractivity contribution in [1.82, 2.24) is 9.97 Å². The molecule has 0 amide bonds. The highest BCUT2D eigenvalue weighted by molar-refractivity contribution is 7.99. The van der Waals surface area contributed by atoms with Crippen molar-refractivity contribution < 1.29 is 5.21 Å². The van der Waals surface area contributed by atoms with Gasteiger partial charge in [-0.15, -0.1) is 0 Å². The topological polar surface area (TPSA) is 87.3 Å². The summed E-state index contributed by atoms with van der Waals surface area (Å²) in [4.78, 5) is 7.81. The zero-order chi connectivity index (χ0) is 12.3. The lowest BCUT2D eigenvalue weighted by molar-refractivity contribution is 0.318. The van der Waals surface area contributed by atoms with Crippen LogP contribution in [0.5, 0.6) is 0 Å². The normalized spacial score (nSPS) is 11.7. The van der Waals surface area contributed by atoms with Crippen molar-refractivity contribution in [3.8, 4) is 0 Å². The lowest BCUT2D eigenvalue weighted by Crippen LogP contribution is -2.14. The Labute approximate surface area is 107 Å². The number of imidazole rings is 1. The van der Waals surface area contributed by atoms with Gasteiger partial charge in [0.25, 0.3) is 0 Å². The number of aromatic nitrogens is 2. The predicted molar refractivity (Wildman–Crippen MR) is 66.7 cm³/mol. The maximum Gasteiger partial charge on any atom is 0.172 e. The lowest BCUT2D eigenvalue weighted by Gasteiger charge is -2.08. The highest BCUT2D eigenvalue weighted by atomic mass is 35.5. The monoisotopic (exact) mass is 268 g/mol. The quantitative estimate of drug-likeness (QED) is 0.345. The largest absolute Gasteiger partial charge is 0.409 e. The van der Waals surface area contributed by atoms with Gasteiger partial charge in [-0.1, -0.05) is 34.6 Å². The number of rotatable bonds is 3. The van der Waals surface area contributed by atoms with Crippen molar-refractivity contribution in [2.75, 3.05) is 0 Å². The van der Waals surface area contributed by atoms with Crippen molar-refractivity contribution in [1.29, 1.82) is 0 Å². The second-order valence-corrected chi connectivity index (χ2v) is 4.53. The van der Waals surface area contributed by atoms with Crippen LogP contribution in [0.4, 0.5) is 0 Å². The lowest BCUT2D eigenvalue weighted by atomic mass is 10.2. The molecule has 1 aromatic carbocycles. The minimum absolute atomic E-state index is 0.0235. The van der Waals surface area contributed by atoms with Gasteiger partial charge in [-0.2, -0.15) is 0 Å². The van der Waals surface area contributed by atoms with E-state index in [9.17, 15) is 0 Å². The average Bonchev–Trinajstić information content (AvgIpc) is 2.81. The first kappa shape index (κ1) is 11.8. The maximum atomic E-state index is 8.73. The Morgan fingerprint density at radius 3 is 3.00 bits per heavy atom. The summed E-state index contributed by atoms with van der Waals surface area (Å²) < 4.78 is 0. The van der Waals surface area contributed by atoms with Gasteiger partial charge in [0.15, 0.2) is 11.0 Å². The molecular weight excluding hydrogens is 260 g/mol. The molecule has 0 saturated carbocycles. The van der Waals surface area contributed by atoms with E-state index in [2.05, 4.69) is 15.1 Å². The van der Waals surface area contributed by atoms with Crippen LogP contribution in [-0.4, -0.2) is 21.0 Å². The molecule has 4 N–H and O–H groups in total. The maximum absolute atomic E-state index is 8.73. The number of benzene rings is 1. The minimum atomic E-state index is -0.0235. The Bertz CT molecular complexity index is 541. The van der Waals surface area contributed by atoms with Crippen molar-refractivity contribution in [3.63, 3.8) is 0 Å². The Balaban J connectivity index is 2.43. The van der Waals surface area contributed by atoms with E-state index >= 15 is 0 Å². The molecule has 0 aliphatic carbocycles. The standard InChI is InChI=1S/C10H9ClN4OS/c11-6-2-1-3-7(8(6)9(12)15-16)17-10-13-4-5-14-10/h1-5,16H,(H2,12,15)(H,13,14). The molecule has 5 nitrogen and oxygen atoms in total. The van der Waals surface area contributed by atoms with E-state index in [1.54, 1.807) is 24.5 Å². The van der Waals surface area contributed by atoms with E-state index in [0.29, 0.717) is 15.7 Å². The second kappa shape index (κ2) is 5.11. The highest BCUT2D eigenvalue weighted by Crippen LogP contribution is 2.31. The number of H-pyrrole nitrogens is 1. The third-order valence-corrected chi connectivity index (χ3v) is 3.31. The third-order valence-electron chi connectivity index (χ3n) is 2.02. The van der Waals surface area contributed by atoms with E-state index in [1.165, 1.54) is 11.8 Å². The number of aromatic amines is 1. The minimum Gasteiger partial charge on any atom is -0.409 e. The van der Waals surface area contributed by atoms with Gasteiger partial charge >= 0.3 is 0 Å². The number of amidine groups is 1. The molecule has 2 aromatic rings. The SMILES string of the molecule is N/C(=N/O)c1c(Cl)cccc1Sc1ncc[nH]1. The van der Waals surface area contributed by atoms with Crippen molar-refractivity contribution in [2.45, 2.75) is 10.1 Å². The van der Waals surface area contributed by atoms with Crippen molar-refractivity contribution in [2.24, 2.45) is 10.9 Å². The number of hydrogen-bond acceptors (Lipinski definition) is 4. The van der Waals surface area contributed by atoms with Crippen LogP contribution < -0.4 is 5.73 Å². The summed E-state index contributed by atoms with van der Waals surface area (Å²) in [5.41, 5.74) is 6.09. The van der Waals surface area contributed by atoms with Gasteiger partial charge < -0.3 is 15.9 Å². The first-order valence-corrected chi connectivity index (χ1v) is 5.85. The molecule has 7 heteroatoms. The molecule has 0 atom stereocenters. The predicted octanol–water partition coefficient (Wildman–Crippen LogP) is 2.31. The molecule has 0 aliphatic rings. The van der Waals surface area contributed by atoms with Crippen LogP contribution in [0.25, 0.3) is 0 Å². The number of oxime groups is 1. The molecule has 0 radical (unpaired) electrons. The molecule has 0 saturated heterocycles. The Hall–Kier alpha value is -1.66. The average molecular weight is 269 g/mol. The molecule has 0 fully saturated rings. The summed E-state index contributed by atoms with van der Waals surface area (Å²) >= 11 is 7.38. The summed E-state index contributed by atoms with van der Waals surface area (Å²) in [6.07, 6.45) is 3.37. The zero-order valence-electron chi connectivity index (χ0n) is 8.59. The van der Waals surface area contributed by atoms with E-state index in [1.807, 2.05) is 6.07 Å². The van der Waals surface area contributed by atoms with Crippen molar-refractivity contribution in [3.05, 3.63) is 41.2 Å². The second-order valence-electron chi connectivity index (χ2n) is 3.09. The first-order valence-electron chi connectivity index (χ1n) is 4.66. The molecule has 0 spiro atoms. The summed E-state index contributed by atoms with van der Waals surface area (Å²) in [7, 11) is 0. The Kier molecular flexibility index (Phi) is 3.55. The molecule has 88 valence electrons. The van der Waals surface area contributed by atoms with E-state index in [0.717, 1.165) is 4.90 Å². The van der Waals surface area contributed by atoms with Gasteiger partial charge in [0.2, 0.25) is 0 Å². The summed E-state index contributed by atoms with van der Waals surface area (Å²) in [6.45, 7) is 0. The van der Waals surface area contributed by atoms with Gasteiger partial charge in [-0.05, 0) is 12.1 Å². The van der Waals surface area contributed by atoms with Gasteiger partial charge in [-0.3, -0.25) is 0 Å². The fraction of sp³-hybridized carbons (Fsp3) is 0. The van der Waals surface area contributed by atoms with Crippen LogP contribution in [0.2, 0.25) is 5.02 Å². The fourth-order valence-electron chi connectivity index (χ4n) is 1.30. The van der Waals surface area contributed by atoms with Gasteiger partial charge in [0.05, 0.1) is 10.6 Å². The zero-order valence-corrected chi connectivity index (χ0v) is 10.2. The van der Waals surface area contributed by atoms with Crippen LogP contribution in [0, 0.1) is 0 Å². The molecule has 17 heavy (non-hydrogen) atoms. The van der Waals surface area contributed by atoms with Crippen LogP contribution in [0.15, 0.2) is 45.8 Å². The van der Waals surface area contributed by atoms with Crippen LogP contribution in [-0.2, 0) is 0 Å². The fourth-order valence-corrected chi connectivity index (χ4v) is 2.54. The number of nitrogens with one attached hydrogen (secondary N) is 1. The van der Waals surface area contributed by atoms with Gasteiger partial charge in [0, 0.05) is 17.3 Å². The van der Waals surface area contributed by atoms with Crippen LogP contribution in [0.1, 0.15) is 5.56 Å². The molecule has 0 unspecified atom stereocenters. The van der Waals surface area contributed by atoms with Gasteiger partial charge in [0.1, 0.15) is 0 Å². The highest BCUT2D eigenvalue weighted by Gasteiger charge is 2.13. The number of nitrogens with two attached hydrogens (primary N) is 1. The molecule has 0 aliphatic heterocycles. The van der Waals surface area contributed by atoms with E-state index < -0.39 is 0 Å². The Morgan fingerprint density at radius 2 is 2.35 bits per heavy atom. The van der Waals surface area contributed by atoms with Crippen LogP contribution in [0.3, 0.4) is 0 Å². The Morgan fingerprint density at radius 1 is 1.53 bits per heavy atom.